The lowest BCUT2D eigenvalue weighted by atomic mass is 9.72. The molecule has 250 valence electrons. The predicted molar refractivity (Wildman–Crippen MR) is 182 cm³/mol. The van der Waals surface area contributed by atoms with Crippen molar-refractivity contribution in [2.24, 2.45) is 17.8 Å². The highest BCUT2D eigenvalue weighted by molar-refractivity contribution is 5.89. The summed E-state index contributed by atoms with van der Waals surface area (Å²) < 4.78 is 20.0. The van der Waals surface area contributed by atoms with Crippen LogP contribution in [0.2, 0.25) is 0 Å². The molecule has 5 heterocycles. The van der Waals surface area contributed by atoms with Gasteiger partial charge in [-0.15, -0.1) is 0 Å². The van der Waals surface area contributed by atoms with E-state index in [2.05, 4.69) is 16.7 Å². The van der Waals surface area contributed by atoms with Gasteiger partial charge in [0.25, 0.3) is 0 Å². The van der Waals surface area contributed by atoms with Gasteiger partial charge in [0.2, 0.25) is 17.7 Å². The Kier molecular flexibility index (Phi) is 7.44. The molecule has 1 amide bonds. The zero-order chi connectivity index (χ0) is 34.0. The van der Waals surface area contributed by atoms with Crippen LogP contribution in [-0.4, -0.2) is 39.1 Å². The molecule has 5 aromatic rings. The summed E-state index contributed by atoms with van der Waals surface area (Å²) in [6.07, 6.45) is 0.121. The molecule has 0 fully saturated rings. The fourth-order valence-electron chi connectivity index (χ4n) is 7.42. The van der Waals surface area contributed by atoms with Crippen LogP contribution in [0.3, 0.4) is 0 Å². The zero-order valence-electron chi connectivity index (χ0n) is 27.8. The van der Waals surface area contributed by atoms with Crippen LogP contribution in [0, 0.1) is 17.8 Å². The van der Waals surface area contributed by atoms with Gasteiger partial charge in [0.05, 0.1) is 6.20 Å². The number of carbonyl (C=O) groups is 2. The first kappa shape index (κ1) is 31.1. The number of amides is 1. The third-order valence-electron chi connectivity index (χ3n) is 10.0. The van der Waals surface area contributed by atoms with Gasteiger partial charge in [-0.3, -0.25) is 9.59 Å². The number of aliphatic hydroxyl groups excluding tert-OH is 1. The first-order valence-corrected chi connectivity index (χ1v) is 16.8. The molecule has 0 radical (unpaired) electrons. The van der Waals surface area contributed by atoms with Gasteiger partial charge in [0.15, 0.2) is 29.2 Å². The normalized spacial score (nSPS) is 22.8. The number of oxazole rings is 2. The number of ether oxygens (including phenoxy) is 1. The minimum absolute atomic E-state index is 0.109. The first-order chi connectivity index (χ1) is 23.6. The van der Waals surface area contributed by atoms with Crippen LogP contribution in [0.4, 0.5) is 5.69 Å². The minimum Gasteiger partial charge on any atom is -0.469 e. The molecular formula is C39H38N4O6. The van der Waals surface area contributed by atoms with Crippen LogP contribution in [0.5, 0.6) is 5.75 Å². The van der Waals surface area contributed by atoms with E-state index < -0.39 is 29.7 Å². The van der Waals surface area contributed by atoms with Gasteiger partial charge in [0.1, 0.15) is 23.3 Å². The van der Waals surface area contributed by atoms with Crippen molar-refractivity contribution in [3.8, 4) is 28.7 Å². The number of ketones is 1. The number of nitrogens with zero attached hydrogens (tertiary/aromatic N) is 2. The lowest BCUT2D eigenvalue weighted by Gasteiger charge is -2.28. The van der Waals surface area contributed by atoms with Gasteiger partial charge in [-0.05, 0) is 41.5 Å². The number of nitrogens with one attached hydrogen (secondary N) is 2. The van der Waals surface area contributed by atoms with E-state index in [-0.39, 0.29) is 42.3 Å². The third-order valence-corrected chi connectivity index (χ3v) is 10.0. The molecule has 0 aliphatic carbocycles. The summed E-state index contributed by atoms with van der Waals surface area (Å²) >= 11 is 0. The van der Waals surface area contributed by atoms with Gasteiger partial charge in [-0.2, -0.15) is 0 Å². The Hall–Kier alpha value is -5.22. The summed E-state index contributed by atoms with van der Waals surface area (Å²) in [5.74, 6) is 0.497. The van der Waals surface area contributed by atoms with Crippen LogP contribution in [-0.2, 0) is 21.4 Å². The second kappa shape index (κ2) is 11.7. The number of para-hydroxylation sites is 1. The molecule has 49 heavy (non-hydrogen) atoms. The Bertz CT molecular complexity index is 2070. The van der Waals surface area contributed by atoms with Crippen LogP contribution in [0.1, 0.15) is 68.5 Å². The van der Waals surface area contributed by atoms with Crippen molar-refractivity contribution in [3.05, 3.63) is 107 Å². The number of aromatic nitrogens is 2. The topological polar surface area (TPSA) is 140 Å². The van der Waals surface area contributed by atoms with E-state index in [1.165, 1.54) is 0 Å². The summed E-state index contributed by atoms with van der Waals surface area (Å²) in [5.41, 5.74) is 3.84. The number of anilines is 1. The summed E-state index contributed by atoms with van der Waals surface area (Å²) in [4.78, 5) is 37.1. The fraction of sp³-hybridized carbons (Fsp3) is 0.333. The average molecular weight is 659 g/mol. The molecule has 10 heteroatoms. The number of hydrogen-bond acceptors (Lipinski definition) is 9. The average Bonchev–Trinajstić information content (AvgIpc) is 3.87. The second-order valence-electron chi connectivity index (χ2n) is 13.9. The monoisotopic (exact) mass is 658 g/mol. The maximum absolute atomic E-state index is 14.1. The molecule has 10 nitrogen and oxygen atoms in total. The summed E-state index contributed by atoms with van der Waals surface area (Å²) in [5, 5.41) is 17.4. The molecule has 1 unspecified atom stereocenters. The van der Waals surface area contributed by atoms with Gasteiger partial charge < -0.3 is 29.3 Å². The molecule has 2 aromatic heterocycles. The number of benzene rings is 3. The summed E-state index contributed by atoms with van der Waals surface area (Å²) in [7, 11) is 0. The second-order valence-corrected chi connectivity index (χ2v) is 13.9. The molecular weight excluding hydrogens is 620 g/mol. The molecule has 8 rings (SSSR count). The van der Waals surface area contributed by atoms with E-state index in [1.54, 1.807) is 20.0 Å². The number of hydrogen-bond donors (Lipinski definition) is 3. The highest BCUT2D eigenvalue weighted by Gasteiger charge is 2.61. The van der Waals surface area contributed by atoms with Crippen LogP contribution >= 0.6 is 0 Å². The predicted octanol–water partition coefficient (Wildman–Crippen LogP) is 6.44. The van der Waals surface area contributed by atoms with Crippen LogP contribution in [0.25, 0.3) is 22.9 Å². The van der Waals surface area contributed by atoms with Crippen molar-refractivity contribution in [1.82, 2.24) is 15.3 Å². The SMILES string of the molecule is CC(C)[C@H](O)C(=O)C[C@H]1Cc2ccc3c(c2)C2(c4ccccc4N[C@H]2O3)c2oc(nc2-c2ncc(-c3ccccc3)o2)[C@H](C(C)C)NC1=O. The summed E-state index contributed by atoms with van der Waals surface area (Å²) in [6.45, 7) is 7.54. The number of carbonyl (C=O) groups excluding carboxylic acids is 2. The van der Waals surface area contributed by atoms with E-state index in [4.69, 9.17) is 23.5 Å². The van der Waals surface area contributed by atoms with Crippen molar-refractivity contribution >= 4 is 17.4 Å². The lowest BCUT2D eigenvalue weighted by Crippen LogP contribution is -2.41. The van der Waals surface area contributed by atoms with Crippen LogP contribution < -0.4 is 15.4 Å². The first-order valence-electron chi connectivity index (χ1n) is 16.8. The lowest BCUT2D eigenvalue weighted by molar-refractivity contribution is -0.135. The standard InChI is InChI=1S/C39H38N4O6/c1-20(2)31-37-43-32(36-40-19-30(47-36)23-10-6-5-7-11-23)34(49-37)39-25-12-8-9-13-27(25)41-38(39)48-29-15-14-22(17-26(29)39)16-24(35(46)42-31)18-28(44)33(45)21(3)4/h5-15,17,19-21,24,31,33,38,41,45H,16,18H2,1-4H3,(H,42,46)/t24-,31+,33+,38+,39?/m1/s1. The van der Waals surface area contributed by atoms with Crippen LogP contribution in [0.15, 0.2) is 87.8 Å². The number of aliphatic hydroxyl groups is 1. The minimum atomic E-state index is -1.16. The molecule has 5 atom stereocenters. The zero-order valence-corrected chi connectivity index (χ0v) is 27.8. The van der Waals surface area contributed by atoms with E-state index in [0.717, 1.165) is 27.9 Å². The molecule has 4 bridgehead atoms. The van der Waals surface area contributed by atoms with Crippen molar-refractivity contribution in [1.29, 1.82) is 0 Å². The Morgan fingerprint density at radius 1 is 0.980 bits per heavy atom. The fourth-order valence-corrected chi connectivity index (χ4v) is 7.42. The summed E-state index contributed by atoms with van der Waals surface area (Å²) in [6, 6.07) is 23.0. The van der Waals surface area contributed by atoms with Gasteiger partial charge >= 0.3 is 0 Å². The van der Waals surface area contributed by atoms with Crippen molar-refractivity contribution in [2.45, 2.75) is 64.3 Å². The molecule has 3 aliphatic rings. The maximum Gasteiger partial charge on any atom is 0.249 e. The number of rotatable bonds is 7. The van der Waals surface area contributed by atoms with Crippen molar-refractivity contribution in [2.75, 3.05) is 5.32 Å². The van der Waals surface area contributed by atoms with Gasteiger partial charge in [-0.25, -0.2) is 9.97 Å². The van der Waals surface area contributed by atoms with E-state index in [9.17, 15) is 14.7 Å². The Labute approximate surface area is 283 Å². The smallest absolute Gasteiger partial charge is 0.249 e. The quantitative estimate of drug-likeness (QED) is 0.180. The van der Waals surface area contributed by atoms with E-state index in [0.29, 0.717) is 28.9 Å². The Balaban J connectivity index is 1.36. The Morgan fingerprint density at radius 2 is 1.76 bits per heavy atom. The maximum atomic E-state index is 14.1. The van der Waals surface area contributed by atoms with Gasteiger partial charge in [-0.1, -0.05) is 88.4 Å². The largest absolute Gasteiger partial charge is 0.469 e. The van der Waals surface area contributed by atoms with Crippen molar-refractivity contribution < 1.29 is 28.3 Å². The Morgan fingerprint density at radius 3 is 2.53 bits per heavy atom. The van der Waals surface area contributed by atoms with E-state index >= 15 is 0 Å². The van der Waals surface area contributed by atoms with E-state index in [1.807, 2.05) is 80.6 Å². The van der Waals surface area contributed by atoms with Gasteiger partial charge in [0, 0.05) is 29.2 Å². The number of fused-ring (bicyclic) bond motifs is 4. The third kappa shape index (κ3) is 4.96. The molecule has 0 saturated heterocycles. The highest BCUT2D eigenvalue weighted by Crippen LogP contribution is 2.59. The number of Topliss-reactive ketones (excluding diaryl/α,β-unsaturated/α-hetero) is 1. The highest BCUT2D eigenvalue weighted by atomic mass is 16.5. The molecule has 0 saturated carbocycles. The molecule has 3 N–H and O–H groups in total. The van der Waals surface area contributed by atoms with Crippen molar-refractivity contribution in [3.63, 3.8) is 0 Å². The molecule has 3 aromatic carbocycles. The molecule has 3 aliphatic heterocycles. The molecule has 1 spiro atoms.